The van der Waals surface area contributed by atoms with Crippen molar-refractivity contribution in [2.24, 2.45) is 12.8 Å². The Morgan fingerprint density at radius 3 is 2.55 bits per heavy atom. The van der Waals surface area contributed by atoms with E-state index in [4.69, 9.17) is 5.73 Å². The second-order valence-corrected chi connectivity index (χ2v) is 5.67. The second-order valence-electron chi connectivity index (χ2n) is 4.66. The lowest BCUT2D eigenvalue weighted by Gasteiger charge is -2.35. The molecule has 0 bridgehead atoms. The van der Waals surface area contributed by atoms with E-state index in [0.717, 1.165) is 37.1 Å². The van der Waals surface area contributed by atoms with E-state index in [9.17, 15) is 4.79 Å². The number of aromatic nitrogens is 3. The van der Waals surface area contributed by atoms with Crippen molar-refractivity contribution in [3.05, 3.63) is 23.3 Å². The van der Waals surface area contributed by atoms with Crippen LogP contribution in [0.2, 0.25) is 0 Å². The Kier molecular flexibility index (Phi) is 3.31. The van der Waals surface area contributed by atoms with Gasteiger partial charge in [-0.1, -0.05) is 11.3 Å². The Balaban J connectivity index is 1.66. The van der Waals surface area contributed by atoms with Gasteiger partial charge in [-0.2, -0.15) is 5.10 Å². The van der Waals surface area contributed by atoms with Crippen LogP contribution in [0.3, 0.4) is 0 Å². The average molecular weight is 292 g/mol. The van der Waals surface area contributed by atoms with Crippen molar-refractivity contribution < 1.29 is 4.79 Å². The van der Waals surface area contributed by atoms with Crippen LogP contribution < -0.4 is 15.5 Å². The number of rotatable bonds is 3. The molecule has 1 aliphatic heterocycles. The molecule has 7 nitrogen and oxygen atoms in total. The molecule has 0 atom stereocenters. The third-order valence-corrected chi connectivity index (χ3v) is 4.48. The molecule has 0 spiro atoms. The number of nitrogens with two attached hydrogens (primary N) is 1. The number of aryl methyl sites for hydroxylation is 1. The van der Waals surface area contributed by atoms with Gasteiger partial charge in [-0.15, -0.1) is 0 Å². The molecule has 2 aromatic heterocycles. The standard InChI is InChI=1S/C12H16N6OS/c1-16-10(2-3-15-16)17-4-6-18(7-5-17)12-14-8-9(20-12)11(13)19/h2-3,8H,4-7H2,1H3,(H2,13,19). The molecule has 106 valence electrons. The topological polar surface area (TPSA) is 80.3 Å². The van der Waals surface area contributed by atoms with Crippen molar-refractivity contribution in [1.29, 1.82) is 0 Å². The van der Waals surface area contributed by atoms with Crippen molar-refractivity contribution in [3.8, 4) is 0 Å². The molecule has 1 fully saturated rings. The summed E-state index contributed by atoms with van der Waals surface area (Å²) in [5.41, 5.74) is 5.25. The predicted molar refractivity (Wildman–Crippen MR) is 78.3 cm³/mol. The van der Waals surface area contributed by atoms with Gasteiger partial charge in [0, 0.05) is 39.3 Å². The van der Waals surface area contributed by atoms with Crippen LogP contribution in [0.1, 0.15) is 9.67 Å². The SMILES string of the molecule is Cn1nccc1N1CCN(c2ncc(C(N)=O)s2)CC1. The van der Waals surface area contributed by atoms with Crippen molar-refractivity contribution >= 4 is 28.2 Å². The summed E-state index contributed by atoms with van der Waals surface area (Å²) in [5.74, 6) is 0.712. The summed E-state index contributed by atoms with van der Waals surface area (Å²) in [7, 11) is 1.95. The van der Waals surface area contributed by atoms with E-state index in [1.807, 2.05) is 24.0 Å². The maximum atomic E-state index is 11.1. The highest BCUT2D eigenvalue weighted by Crippen LogP contribution is 2.24. The van der Waals surface area contributed by atoms with Crippen LogP contribution in [0.4, 0.5) is 10.9 Å². The lowest BCUT2D eigenvalue weighted by Crippen LogP contribution is -2.47. The monoisotopic (exact) mass is 292 g/mol. The molecular formula is C12H16N6OS. The summed E-state index contributed by atoms with van der Waals surface area (Å²) >= 11 is 1.35. The highest BCUT2D eigenvalue weighted by atomic mass is 32.1. The molecule has 3 rings (SSSR count). The number of hydrogen-bond acceptors (Lipinski definition) is 6. The number of primary amides is 1. The molecule has 0 radical (unpaired) electrons. The van der Waals surface area contributed by atoms with E-state index < -0.39 is 5.91 Å². The van der Waals surface area contributed by atoms with Gasteiger partial charge in [0.1, 0.15) is 10.7 Å². The van der Waals surface area contributed by atoms with Gasteiger partial charge in [-0.05, 0) is 0 Å². The number of nitrogens with zero attached hydrogens (tertiary/aromatic N) is 5. The smallest absolute Gasteiger partial charge is 0.260 e. The van der Waals surface area contributed by atoms with E-state index >= 15 is 0 Å². The molecule has 1 aliphatic rings. The molecule has 0 unspecified atom stereocenters. The molecular weight excluding hydrogens is 276 g/mol. The zero-order valence-electron chi connectivity index (χ0n) is 11.2. The summed E-state index contributed by atoms with van der Waals surface area (Å²) in [4.78, 5) is 20.4. The van der Waals surface area contributed by atoms with Crippen molar-refractivity contribution in [2.75, 3.05) is 36.0 Å². The molecule has 20 heavy (non-hydrogen) atoms. The zero-order chi connectivity index (χ0) is 14.1. The van der Waals surface area contributed by atoms with Crippen LogP contribution >= 0.6 is 11.3 Å². The molecule has 2 aromatic rings. The highest BCUT2D eigenvalue weighted by Gasteiger charge is 2.21. The van der Waals surface area contributed by atoms with Crippen LogP contribution in [-0.2, 0) is 7.05 Å². The normalized spacial score (nSPS) is 15.7. The van der Waals surface area contributed by atoms with Crippen LogP contribution in [0.15, 0.2) is 18.5 Å². The molecule has 0 saturated carbocycles. The molecule has 2 N–H and O–H groups in total. The van der Waals surface area contributed by atoms with Gasteiger partial charge in [0.2, 0.25) is 0 Å². The van der Waals surface area contributed by atoms with Crippen LogP contribution in [0.5, 0.6) is 0 Å². The van der Waals surface area contributed by atoms with E-state index in [1.165, 1.54) is 11.3 Å². The average Bonchev–Trinajstić information content (AvgIpc) is 3.07. The Morgan fingerprint density at radius 2 is 2.00 bits per heavy atom. The molecule has 0 aromatic carbocycles. The third kappa shape index (κ3) is 2.34. The molecule has 3 heterocycles. The summed E-state index contributed by atoms with van der Waals surface area (Å²) in [6, 6.07) is 2.02. The van der Waals surface area contributed by atoms with Crippen molar-refractivity contribution in [3.63, 3.8) is 0 Å². The van der Waals surface area contributed by atoms with E-state index in [0.29, 0.717) is 4.88 Å². The van der Waals surface area contributed by atoms with Crippen LogP contribution in [-0.4, -0.2) is 46.9 Å². The Morgan fingerprint density at radius 1 is 1.30 bits per heavy atom. The van der Waals surface area contributed by atoms with Gasteiger partial charge in [-0.3, -0.25) is 9.48 Å². The second kappa shape index (κ2) is 5.12. The van der Waals surface area contributed by atoms with Gasteiger partial charge in [0.25, 0.3) is 5.91 Å². The zero-order valence-corrected chi connectivity index (χ0v) is 12.0. The quantitative estimate of drug-likeness (QED) is 0.880. The first-order valence-corrected chi connectivity index (χ1v) is 7.20. The Bertz CT molecular complexity index is 613. The minimum absolute atomic E-state index is 0.415. The Labute approximate surface area is 120 Å². The predicted octanol–water partition coefficient (Wildman–Crippen LogP) is 0.302. The summed E-state index contributed by atoms with van der Waals surface area (Å²) in [5, 5.41) is 5.06. The first-order valence-electron chi connectivity index (χ1n) is 6.38. The summed E-state index contributed by atoms with van der Waals surface area (Å²) < 4.78 is 1.88. The van der Waals surface area contributed by atoms with Crippen LogP contribution in [0.25, 0.3) is 0 Å². The lowest BCUT2D eigenvalue weighted by molar-refractivity contribution is 0.100. The number of carbonyl (C=O) groups is 1. The van der Waals surface area contributed by atoms with Crippen molar-refractivity contribution in [2.45, 2.75) is 0 Å². The maximum Gasteiger partial charge on any atom is 0.260 e. The first kappa shape index (κ1) is 12.9. The fourth-order valence-corrected chi connectivity index (χ4v) is 3.15. The molecule has 1 saturated heterocycles. The molecule has 1 amide bonds. The van der Waals surface area contributed by atoms with E-state index in [1.54, 1.807) is 6.20 Å². The van der Waals surface area contributed by atoms with Gasteiger partial charge < -0.3 is 15.5 Å². The van der Waals surface area contributed by atoms with Crippen LogP contribution in [0, 0.1) is 0 Å². The molecule has 8 heteroatoms. The van der Waals surface area contributed by atoms with Gasteiger partial charge in [0.05, 0.1) is 12.4 Å². The number of piperazine rings is 1. The number of anilines is 2. The summed E-state index contributed by atoms with van der Waals surface area (Å²) in [6.07, 6.45) is 3.36. The number of hydrogen-bond donors (Lipinski definition) is 1. The first-order chi connectivity index (χ1) is 9.65. The third-order valence-electron chi connectivity index (χ3n) is 3.41. The highest BCUT2D eigenvalue weighted by molar-refractivity contribution is 7.17. The van der Waals surface area contributed by atoms with E-state index in [2.05, 4.69) is 19.9 Å². The fraction of sp³-hybridized carbons (Fsp3) is 0.417. The number of carbonyl (C=O) groups excluding carboxylic acids is 1. The minimum atomic E-state index is -0.415. The maximum absolute atomic E-state index is 11.1. The summed E-state index contributed by atoms with van der Waals surface area (Å²) in [6.45, 7) is 3.56. The van der Waals surface area contributed by atoms with Gasteiger partial charge >= 0.3 is 0 Å². The largest absolute Gasteiger partial charge is 0.365 e. The Hall–Kier alpha value is -2.09. The fourth-order valence-electron chi connectivity index (χ4n) is 2.33. The van der Waals surface area contributed by atoms with E-state index in [-0.39, 0.29) is 0 Å². The van der Waals surface area contributed by atoms with Gasteiger partial charge in [-0.25, -0.2) is 4.98 Å². The van der Waals surface area contributed by atoms with Gasteiger partial charge in [0.15, 0.2) is 5.13 Å². The number of thiazole rings is 1. The van der Waals surface area contributed by atoms with Crippen molar-refractivity contribution in [1.82, 2.24) is 14.8 Å². The lowest BCUT2D eigenvalue weighted by atomic mass is 10.3. The molecule has 0 aliphatic carbocycles. The number of amides is 1. The minimum Gasteiger partial charge on any atom is -0.365 e.